The van der Waals surface area contributed by atoms with Crippen molar-refractivity contribution >= 4 is 11.8 Å². The average molecular weight is 673 g/mol. The van der Waals surface area contributed by atoms with Gasteiger partial charge >= 0.3 is 0 Å². The van der Waals surface area contributed by atoms with E-state index in [2.05, 4.69) is 66.0 Å². The van der Waals surface area contributed by atoms with E-state index in [0.29, 0.717) is 23.3 Å². The molecule has 48 heavy (non-hydrogen) atoms. The van der Waals surface area contributed by atoms with E-state index < -0.39 is 0 Å². The molecule has 6 heteroatoms. The zero-order valence-electron chi connectivity index (χ0n) is 32.9. The highest BCUT2D eigenvalue weighted by atomic mass is 16.3. The second-order valence-corrected chi connectivity index (χ2v) is 16.1. The Hall–Kier alpha value is -2.24. The first-order chi connectivity index (χ1) is 22.6. The summed E-state index contributed by atoms with van der Waals surface area (Å²) >= 11 is 0. The Bertz CT molecular complexity index is 986. The lowest BCUT2D eigenvalue weighted by atomic mass is 9.71. The van der Waals surface area contributed by atoms with E-state index in [1.54, 1.807) is 13.8 Å². The van der Waals surface area contributed by atoms with Crippen molar-refractivity contribution in [2.24, 2.45) is 11.8 Å². The summed E-state index contributed by atoms with van der Waals surface area (Å²) in [6, 6.07) is 4.28. The number of aromatic hydroxyl groups is 2. The van der Waals surface area contributed by atoms with Crippen LogP contribution in [-0.4, -0.2) is 34.1 Å². The molecular weight excluding hydrogens is 596 g/mol. The van der Waals surface area contributed by atoms with Gasteiger partial charge in [0.05, 0.1) is 0 Å². The summed E-state index contributed by atoms with van der Waals surface area (Å²) in [7, 11) is 0. The molecule has 0 aliphatic carbocycles. The summed E-state index contributed by atoms with van der Waals surface area (Å²) in [4.78, 5) is 22.9. The molecule has 6 nitrogen and oxygen atoms in total. The molecule has 2 amide bonds. The van der Waals surface area contributed by atoms with E-state index in [4.69, 9.17) is 0 Å². The quantitative estimate of drug-likeness (QED) is 0.0581. The van der Waals surface area contributed by atoms with Crippen molar-refractivity contribution in [1.29, 1.82) is 0 Å². The van der Waals surface area contributed by atoms with Crippen molar-refractivity contribution in [2.45, 2.75) is 208 Å². The molecule has 0 spiro atoms. The minimum absolute atomic E-state index is 0.0617. The van der Waals surface area contributed by atoms with Gasteiger partial charge in [0.2, 0.25) is 11.8 Å². The van der Waals surface area contributed by atoms with Crippen molar-refractivity contribution in [3.63, 3.8) is 0 Å². The molecule has 4 atom stereocenters. The smallest absolute Gasteiger partial charge is 0.217 e. The van der Waals surface area contributed by atoms with Crippen LogP contribution in [0.3, 0.4) is 0 Å². The van der Waals surface area contributed by atoms with Gasteiger partial charge in [-0.1, -0.05) is 132 Å². The average Bonchev–Trinajstić information content (AvgIpc) is 3.02. The van der Waals surface area contributed by atoms with Gasteiger partial charge in [0.15, 0.2) is 0 Å². The second kappa shape index (κ2) is 22.5. The van der Waals surface area contributed by atoms with Gasteiger partial charge in [0, 0.05) is 37.1 Å². The van der Waals surface area contributed by atoms with Crippen LogP contribution < -0.4 is 10.6 Å². The number of phenols is 2. The van der Waals surface area contributed by atoms with Crippen molar-refractivity contribution in [3.8, 4) is 11.5 Å². The molecule has 0 aliphatic rings. The molecule has 0 bridgehead atoms. The maximum Gasteiger partial charge on any atom is 0.217 e. The first-order valence-corrected chi connectivity index (χ1v) is 19.7. The van der Waals surface area contributed by atoms with Crippen LogP contribution >= 0.6 is 0 Å². The fourth-order valence-corrected chi connectivity index (χ4v) is 7.39. The van der Waals surface area contributed by atoms with Crippen LogP contribution in [0.2, 0.25) is 0 Å². The molecule has 4 N–H and O–H groups in total. The molecule has 1 aromatic carbocycles. The molecule has 0 radical (unpaired) electrons. The lowest BCUT2D eigenvalue weighted by Gasteiger charge is -2.34. The maximum atomic E-state index is 11.5. The first kappa shape index (κ1) is 43.8. The number of carbonyl (C=O) groups is 2. The SMILES string of the molecule is CCC(C)(CCCCCCCCC(NC(C)=O)C(C)C)c1cc(O)c(C(C)(CC)CCCCCCCCC(NC(C)=O)C(C)C)cc1O. The fourth-order valence-electron chi connectivity index (χ4n) is 7.39. The topological polar surface area (TPSA) is 98.7 Å². The number of amides is 2. The Morgan fingerprint density at radius 3 is 1.15 bits per heavy atom. The van der Waals surface area contributed by atoms with Gasteiger partial charge in [-0.25, -0.2) is 0 Å². The van der Waals surface area contributed by atoms with E-state index in [9.17, 15) is 19.8 Å². The highest BCUT2D eigenvalue weighted by molar-refractivity contribution is 5.73. The van der Waals surface area contributed by atoms with Gasteiger partial charge < -0.3 is 20.8 Å². The van der Waals surface area contributed by atoms with Gasteiger partial charge in [0.1, 0.15) is 11.5 Å². The summed E-state index contributed by atoms with van der Waals surface area (Å²) in [5.74, 6) is 1.69. The molecule has 1 aromatic rings. The van der Waals surface area contributed by atoms with Crippen LogP contribution in [0.25, 0.3) is 0 Å². The van der Waals surface area contributed by atoms with E-state index in [0.717, 1.165) is 75.3 Å². The van der Waals surface area contributed by atoms with Crippen LogP contribution in [0.1, 0.15) is 196 Å². The number of unbranched alkanes of at least 4 members (excludes halogenated alkanes) is 10. The standard InChI is InChI=1S/C42H76N2O4/c1-11-41(9,27-23-19-15-13-17-21-25-37(31(3)4)43-33(7)45)35-29-40(48)36(30-39(35)47)42(10,12-2)28-24-20-16-14-18-22-26-38(32(5)6)44-34(8)46/h29-32,37-38,47-48H,11-28H2,1-10H3,(H,43,45)(H,44,46). The normalized spacial score (nSPS) is 15.6. The number of rotatable bonds is 26. The molecule has 0 aliphatic heterocycles. The Kier molecular flexibility index (Phi) is 20.5. The van der Waals surface area contributed by atoms with Gasteiger partial charge in [-0.3, -0.25) is 9.59 Å². The van der Waals surface area contributed by atoms with E-state index in [1.807, 2.05) is 12.1 Å². The Labute approximate surface area is 296 Å². The predicted molar refractivity (Wildman–Crippen MR) is 204 cm³/mol. The Morgan fingerprint density at radius 2 is 0.875 bits per heavy atom. The number of hydrogen-bond donors (Lipinski definition) is 4. The third-order valence-electron chi connectivity index (χ3n) is 11.3. The van der Waals surface area contributed by atoms with Crippen molar-refractivity contribution in [3.05, 3.63) is 23.3 Å². The number of benzene rings is 1. The number of phenolic OH excluding ortho intramolecular Hbond substituents is 2. The Balaban J connectivity index is 2.60. The van der Waals surface area contributed by atoms with E-state index in [-0.39, 0.29) is 34.7 Å². The summed E-state index contributed by atoms with van der Waals surface area (Å²) in [6.07, 6.45) is 20.0. The summed E-state index contributed by atoms with van der Waals surface area (Å²) in [6.45, 7) is 20.7. The monoisotopic (exact) mass is 673 g/mol. The third kappa shape index (κ3) is 15.5. The zero-order valence-corrected chi connectivity index (χ0v) is 32.9. The lowest BCUT2D eigenvalue weighted by molar-refractivity contribution is -0.120. The molecule has 0 saturated heterocycles. The zero-order chi connectivity index (χ0) is 36.3. The minimum atomic E-state index is -0.178. The predicted octanol–water partition coefficient (Wildman–Crippen LogP) is 11.0. The molecule has 0 fully saturated rings. The maximum absolute atomic E-state index is 11.5. The molecular formula is C42H76N2O4. The first-order valence-electron chi connectivity index (χ1n) is 19.7. The van der Waals surface area contributed by atoms with Crippen LogP contribution in [0.15, 0.2) is 12.1 Å². The van der Waals surface area contributed by atoms with Crippen LogP contribution in [0, 0.1) is 11.8 Å². The molecule has 4 unspecified atom stereocenters. The molecule has 0 saturated carbocycles. The molecule has 0 heterocycles. The number of nitrogens with one attached hydrogen (secondary N) is 2. The van der Waals surface area contributed by atoms with Crippen LogP contribution in [0.5, 0.6) is 11.5 Å². The van der Waals surface area contributed by atoms with Gasteiger partial charge in [0.25, 0.3) is 0 Å². The van der Waals surface area contributed by atoms with Gasteiger partial charge in [-0.2, -0.15) is 0 Å². The van der Waals surface area contributed by atoms with Crippen molar-refractivity contribution < 1.29 is 19.8 Å². The minimum Gasteiger partial charge on any atom is -0.508 e. The highest BCUT2D eigenvalue weighted by Crippen LogP contribution is 2.46. The van der Waals surface area contributed by atoms with Crippen molar-refractivity contribution in [2.75, 3.05) is 0 Å². The highest BCUT2D eigenvalue weighted by Gasteiger charge is 2.33. The molecule has 1 rings (SSSR count). The van der Waals surface area contributed by atoms with Crippen molar-refractivity contribution in [1.82, 2.24) is 10.6 Å². The summed E-state index contributed by atoms with van der Waals surface area (Å²) < 4.78 is 0. The number of hydrogen-bond acceptors (Lipinski definition) is 4. The summed E-state index contributed by atoms with van der Waals surface area (Å²) in [5, 5.41) is 28.9. The third-order valence-corrected chi connectivity index (χ3v) is 11.3. The van der Waals surface area contributed by atoms with Gasteiger partial charge in [-0.05, 0) is 73.3 Å². The van der Waals surface area contributed by atoms with Crippen LogP contribution in [0.4, 0.5) is 0 Å². The van der Waals surface area contributed by atoms with E-state index >= 15 is 0 Å². The molecule has 278 valence electrons. The lowest BCUT2D eigenvalue weighted by Crippen LogP contribution is -2.37. The van der Waals surface area contributed by atoms with E-state index in [1.165, 1.54) is 51.4 Å². The molecule has 0 aromatic heterocycles. The summed E-state index contributed by atoms with van der Waals surface area (Å²) in [5.41, 5.74) is 1.40. The number of carbonyl (C=O) groups excluding carboxylic acids is 2. The van der Waals surface area contributed by atoms with Gasteiger partial charge in [-0.15, -0.1) is 0 Å². The second-order valence-electron chi connectivity index (χ2n) is 16.1. The van der Waals surface area contributed by atoms with Crippen LogP contribution in [-0.2, 0) is 20.4 Å². The fraction of sp³-hybridized carbons (Fsp3) is 0.810. The Morgan fingerprint density at radius 1 is 0.583 bits per heavy atom. The largest absolute Gasteiger partial charge is 0.508 e.